The van der Waals surface area contributed by atoms with Crippen molar-refractivity contribution in [2.24, 2.45) is 0 Å². The summed E-state index contributed by atoms with van der Waals surface area (Å²) in [5.41, 5.74) is 9.83. The van der Waals surface area contributed by atoms with Gasteiger partial charge in [-0.3, -0.25) is 4.55 Å². The molecule has 0 radical (unpaired) electrons. The van der Waals surface area contributed by atoms with Gasteiger partial charge in [0.1, 0.15) is 4.90 Å². The minimum absolute atomic E-state index is 0.135. The van der Waals surface area contributed by atoms with Crippen molar-refractivity contribution >= 4 is 63.1 Å². The SMILES string of the molecule is Nc1c(-c2nc(Nc3ccccc3)nc(N3CCOCC3)n2)ccc(C=Cc2ccc(-c3nc(Nc4ccccc4)nc(N4CCOCC4)n3)cc2)c1S(=O)(=O)O. The van der Waals surface area contributed by atoms with Crippen LogP contribution in [0.15, 0.2) is 102 Å². The van der Waals surface area contributed by atoms with Crippen LogP contribution in [-0.4, -0.2) is 95.5 Å². The lowest BCUT2D eigenvalue weighted by Crippen LogP contribution is -2.37. The topological polar surface area (TPSA) is 207 Å². The Morgan fingerprint density at radius 1 is 0.614 bits per heavy atom. The van der Waals surface area contributed by atoms with E-state index in [1.54, 1.807) is 24.3 Å². The molecular weight excluding hydrogens is 747 g/mol. The normalized spacial score (nSPS) is 14.8. The number of nitrogens with zero attached hydrogens (tertiary/aromatic N) is 8. The molecule has 2 aliphatic rings. The van der Waals surface area contributed by atoms with Crippen LogP contribution in [0.4, 0.5) is 40.9 Å². The maximum atomic E-state index is 12.9. The van der Waals surface area contributed by atoms with Gasteiger partial charge in [0, 0.05) is 48.7 Å². The van der Waals surface area contributed by atoms with E-state index in [0.717, 1.165) is 22.5 Å². The fourth-order valence-corrected chi connectivity index (χ4v) is 7.18. The van der Waals surface area contributed by atoms with Crippen molar-refractivity contribution in [3.8, 4) is 22.8 Å². The van der Waals surface area contributed by atoms with Gasteiger partial charge in [-0.05, 0) is 41.5 Å². The van der Waals surface area contributed by atoms with E-state index in [4.69, 9.17) is 30.2 Å². The van der Waals surface area contributed by atoms with Crippen LogP contribution < -0.4 is 26.2 Å². The zero-order chi connectivity index (χ0) is 39.2. The molecule has 2 aliphatic heterocycles. The van der Waals surface area contributed by atoms with Gasteiger partial charge >= 0.3 is 0 Å². The average molecular weight is 786 g/mol. The molecule has 2 saturated heterocycles. The van der Waals surface area contributed by atoms with E-state index in [2.05, 4.69) is 30.5 Å². The first-order valence-electron chi connectivity index (χ1n) is 18.3. The van der Waals surface area contributed by atoms with Gasteiger partial charge in [-0.1, -0.05) is 78.9 Å². The molecule has 4 aromatic carbocycles. The summed E-state index contributed by atoms with van der Waals surface area (Å²) in [5, 5.41) is 6.47. The third-order valence-corrected chi connectivity index (χ3v) is 10.2. The Hall–Kier alpha value is -6.53. The van der Waals surface area contributed by atoms with Crippen LogP contribution in [0.3, 0.4) is 0 Å². The number of nitrogens with one attached hydrogen (secondary N) is 2. The van der Waals surface area contributed by atoms with Crippen molar-refractivity contribution in [3.05, 3.63) is 108 Å². The van der Waals surface area contributed by atoms with Crippen molar-refractivity contribution in [1.82, 2.24) is 29.9 Å². The molecule has 0 amide bonds. The highest BCUT2D eigenvalue weighted by molar-refractivity contribution is 7.86. The molecule has 0 saturated carbocycles. The molecule has 8 rings (SSSR count). The first-order valence-corrected chi connectivity index (χ1v) is 19.7. The van der Waals surface area contributed by atoms with E-state index in [9.17, 15) is 13.0 Å². The second-order valence-corrected chi connectivity index (χ2v) is 14.5. The number of hydrogen-bond donors (Lipinski definition) is 4. The van der Waals surface area contributed by atoms with Gasteiger partial charge < -0.3 is 35.6 Å². The van der Waals surface area contributed by atoms with Crippen LogP contribution in [0.2, 0.25) is 0 Å². The molecule has 4 heterocycles. The summed E-state index contributed by atoms with van der Waals surface area (Å²) in [5.74, 6) is 2.19. The summed E-state index contributed by atoms with van der Waals surface area (Å²) in [6, 6.07) is 29.7. The average Bonchev–Trinajstić information content (AvgIpc) is 3.24. The summed E-state index contributed by atoms with van der Waals surface area (Å²) in [6.07, 6.45) is 3.30. The Balaban J connectivity index is 1.09. The zero-order valence-corrected chi connectivity index (χ0v) is 31.5. The van der Waals surface area contributed by atoms with Crippen LogP contribution in [0.1, 0.15) is 11.1 Å². The predicted octanol–water partition coefficient (Wildman–Crippen LogP) is 5.55. The Morgan fingerprint density at radius 3 is 1.65 bits per heavy atom. The molecule has 2 aromatic heterocycles. The zero-order valence-electron chi connectivity index (χ0n) is 30.7. The van der Waals surface area contributed by atoms with Crippen LogP contribution in [-0.2, 0) is 19.6 Å². The minimum atomic E-state index is -4.80. The van der Waals surface area contributed by atoms with Crippen molar-refractivity contribution < 1.29 is 22.4 Å². The van der Waals surface area contributed by atoms with E-state index in [1.165, 1.54) is 0 Å². The molecule has 0 bridgehead atoms. The molecule has 0 aliphatic carbocycles. The first kappa shape index (κ1) is 37.4. The highest BCUT2D eigenvalue weighted by Crippen LogP contribution is 2.35. The third kappa shape index (κ3) is 8.97. The molecule has 57 heavy (non-hydrogen) atoms. The maximum Gasteiger partial charge on any atom is 0.297 e. The molecule has 0 spiro atoms. The lowest BCUT2D eigenvalue weighted by Gasteiger charge is -2.27. The molecule has 17 heteroatoms. The van der Waals surface area contributed by atoms with Gasteiger partial charge in [0.2, 0.25) is 23.8 Å². The fourth-order valence-electron chi connectivity index (χ4n) is 6.36. The summed E-state index contributed by atoms with van der Waals surface area (Å²) in [6.45, 7) is 4.60. The van der Waals surface area contributed by atoms with E-state index >= 15 is 0 Å². The van der Waals surface area contributed by atoms with Gasteiger partial charge in [-0.15, -0.1) is 0 Å². The lowest BCUT2D eigenvalue weighted by molar-refractivity contribution is 0.122. The Bertz CT molecular complexity index is 2480. The van der Waals surface area contributed by atoms with Crippen LogP contribution in [0, 0.1) is 0 Å². The standard InChI is InChI=1S/C40H39N11O5S/c41-33-32(36-45-38(43-31-9-5-2-6-10-31)49-40(47-36)51-21-25-56-26-22-51)18-17-28(34(33)57(52,53)54)14-11-27-12-15-29(16-13-27)35-44-37(42-30-7-3-1-4-8-30)48-39(46-35)50-19-23-55-24-20-50/h1-18H,19-26,41H2,(H,52,53,54)(H,42,44,46,48)(H,43,45,47,49). The third-order valence-electron chi connectivity index (χ3n) is 9.24. The quantitative estimate of drug-likeness (QED) is 0.0722. The van der Waals surface area contributed by atoms with Crippen LogP contribution >= 0.6 is 0 Å². The van der Waals surface area contributed by atoms with Gasteiger partial charge in [0.15, 0.2) is 11.6 Å². The highest BCUT2D eigenvalue weighted by Gasteiger charge is 2.25. The summed E-state index contributed by atoms with van der Waals surface area (Å²) in [7, 11) is -4.80. The number of aromatic nitrogens is 6. The molecule has 0 atom stereocenters. The van der Waals surface area contributed by atoms with Crippen molar-refractivity contribution in [3.63, 3.8) is 0 Å². The van der Waals surface area contributed by atoms with Crippen LogP contribution in [0.5, 0.6) is 0 Å². The Labute approximate surface area is 329 Å². The number of rotatable bonds is 11. The van der Waals surface area contributed by atoms with Crippen molar-refractivity contribution in [2.45, 2.75) is 4.90 Å². The molecule has 16 nitrogen and oxygen atoms in total. The number of morpholine rings is 2. The molecule has 2 fully saturated rings. The number of ether oxygens (including phenoxy) is 2. The monoisotopic (exact) mass is 785 g/mol. The summed E-state index contributed by atoms with van der Waals surface area (Å²) < 4.78 is 47.3. The van der Waals surface area contributed by atoms with E-state index in [1.807, 2.05) is 89.8 Å². The maximum absolute atomic E-state index is 12.9. The lowest BCUT2D eigenvalue weighted by atomic mass is 10.1. The summed E-state index contributed by atoms with van der Waals surface area (Å²) >= 11 is 0. The number of para-hydroxylation sites is 2. The van der Waals surface area contributed by atoms with Gasteiger partial charge in [0.05, 0.1) is 32.1 Å². The fraction of sp³-hybridized carbons (Fsp3) is 0.200. The van der Waals surface area contributed by atoms with Gasteiger partial charge in [-0.2, -0.15) is 38.3 Å². The summed E-state index contributed by atoms with van der Waals surface area (Å²) in [4.78, 5) is 31.7. The van der Waals surface area contributed by atoms with E-state index in [0.29, 0.717) is 76.3 Å². The molecule has 0 unspecified atom stereocenters. The van der Waals surface area contributed by atoms with E-state index in [-0.39, 0.29) is 28.6 Å². The molecule has 290 valence electrons. The number of hydrogen-bond acceptors (Lipinski definition) is 15. The molecular formula is C40H39N11O5S. The van der Waals surface area contributed by atoms with Crippen molar-refractivity contribution in [2.75, 3.05) is 78.8 Å². The Morgan fingerprint density at radius 2 is 1.12 bits per heavy atom. The highest BCUT2D eigenvalue weighted by atomic mass is 32.2. The van der Waals surface area contributed by atoms with Crippen molar-refractivity contribution in [1.29, 1.82) is 0 Å². The second kappa shape index (κ2) is 16.7. The van der Waals surface area contributed by atoms with E-state index < -0.39 is 15.0 Å². The predicted molar refractivity (Wildman–Crippen MR) is 219 cm³/mol. The first-order chi connectivity index (χ1) is 27.8. The van der Waals surface area contributed by atoms with Gasteiger partial charge in [-0.25, -0.2) is 0 Å². The Kier molecular flexibility index (Phi) is 10.9. The van der Waals surface area contributed by atoms with Gasteiger partial charge in [0.25, 0.3) is 10.1 Å². The minimum Gasteiger partial charge on any atom is -0.397 e. The number of benzene rings is 4. The van der Waals surface area contributed by atoms with Crippen LogP contribution in [0.25, 0.3) is 34.9 Å². The number of anilines is 7. The second-order valence-electron chi connectivity index (χ2n) is 13.1. The smallest absolute Gasteiger partial charge is 0.297 e. The number of nitrogen functional groups attached to an aromatic ring is 1. The molecule has 6 aromatic rings. The largest absolute Gasteiger partial charge is 0.397 e. The molecule has 5 N–H and O–H groups in total. The number of nitrogens with two attached hydrogens (primary N) is 1.